The van der Waals surface area contributed by atoms with Crippen LogP contribution in [0.15, 0.2) is 41.3 Å². The van der Waals surface area contributed by atoms with E-state index in [2.05, 4.69) is 5.32 Å². The molecule has 170 valence electrons. The lowest BCUT2D eigenvalue weighted by molar-refractivity contribution is -0.385. The smallest absolute Gasteiger partial charge is 0.271 e. The predicted octanol–water partition coefficient (Wildman–Crippen LogP) is 3.02. The van der Waals surface area contributed by atoms with Gasteiger partial charge in [0.05, 0.1) is 9.83 Å². The van der Waals surface area contributed by atoms with Crippen LogP contribution in [-0.2, 0) is 9.59 Å². The molecule has 0 aliphatic carbocycles. The van der Waals surface area contributed by atoms with Gasteiger partial charge in [-0.05, 0) is 30.2 Å². The normalized spacial score (nSPS) is 15.9. The van der Waals surface area contributed by atoms with E-state index in [-0.39, 0.29) is 37.0 Å². The Kier molecular flexibility index (Phi) is 6.47. The molecule has 1 N–H and O–H groups in total. The van der Waals surface area contributed by atoms with Crippen molar-refractivity contribution in [3.8, 4) is 17.2 Å². The number of anilines is 1. The summed E-state index contributed by atoms with van der Waals surface area (Å²) in [7, 11) is 0. The van der Waals surface area contributed by atoms with Crippen LogP contribution in [-0.4, -0.2) is 39.3 Å². The van der Waals surface area contributed by atoms with Gasteiger partial charge in [-0.15, -0.1) is 0 Å². The SMILES string of the molecule is O=C(CCCN1C(=O)/C(=C/c2ccc3c(c2)OCO3)SC1=S)Nc1cc([N+](=O)[O-])ccc1[O-]. The molecule has 33 heavy (non-hydrogen) atoms. The van der Waals surface area contributed by atoms with Gasteiger partial charge in [-0.1, -0.05) is 41.9 Å². The molecular formula is C21H16N3O7S2-. The van der Waals surface area contributed by atoms with E-state index in [0.29, 0.717) is 27.1 Å². The van der Waals surface area contributed by atoms with Crippen LogP contribution in [0.25, 0.3) is 6.08 Å². The Hall–Kier alpha value is -3.64. The zero-order valence-electron chi connectivity index (χ0n) is 16.9. The molecule has 2 aliphatic heterocycles. The topological polar surface area (TPSA) is 134 Å². The number of carbonyl (C=O) groups is 2. The van der Waals surface area contributed by atoms with Crippen LogP contribution in [0.5, 0.6) is 17.2 Å². The molecule has 2 amide bonds. The van der Waals surface area contributed by atoms with Crippen LogP contribution in [0, 0.1) is 10.1 Å². The van der Waals surface area contributed by atoms with Crippen molar-refractivity contribution in [2.24, 2.45) is 0 Å². The van der Waals surface area contributed by atoms with E-state index in [4.69, 9.17) is 21.7 Å². The summed E-state index contributed by atoms with van der Waals surface area (Å²) in [5, 5.41) is 25.0. The largest absolute Gasteiger partial charge is 0.871 e. The highest BCUT2D eigenvalue weighted by Gasteiger charge is 2.31. The second-order valence-corrected chi connectivity index (χ2v) is 8.71. The third kappa shape index (κ3) is 5.07. The lowest BCUT2D eigenvalue weighted by Gasteiger charge is -2.16. The highest BCUT2D eigenvalue weighted by molar-refractivity contribution is 8.26. The van der Waals surface area contributed by atoms with E-state index in [1.54, 1.807) is 18.2 Å². The van der Waals surface area contributed by atoms with Crippen LogP contribution in [0.4, 0.5) is 11.4 Å². The van der Waals surface area contributed by atoms with Gasteiger partial charge in [-0.25, -0.2) is 0 Å². The number of nitrogens with zero attached hydrogens (tertiary/aromatic N) is 2. The van der Waals surface area contributed by atoms with E-state index in [1.807, 2.05) is 6.07 Å². The molecule has 2 heterocycles. The summed E-state index contributed by atoms with van der Waals surface area (Å²) in [5.41, 5.74) is 0.313. The number of nitro benzene ring substituents is 1. The molecule has 1 saturated heterocycles. The van der Waals surface area contributed by atoms with Crippen molar-refractivity contribution in [2.45, 2.75) is 12.8 Å². The number of non-ortho nitro benzene ring substituents is 1. The van der Waals surface area contributed by atoms with E-state index in [0.717, 1.165) is 23.8 Å². The monoisotopic (exact) mass is 486 g/mol. The minimum absolute atomic E-state index is 0.000397. The summed E-state index contributed by atoms with van der Waals surface area (Å²) in [6.07, 6.45) is 2.01. The molecule has 10 nitrogen and oxygen atoms in total. The Morgan fingerprint density at radius 2 is 2.03 bits per heavy atom. The highest BCUT2D eigenvalue weighted by atomic mass is 32.2. The first-order valence-corrected chi connectivity index (χ1v) is 10.9. The van der Waals surface area contributed by atoms with Crippen LogP contribution < -0.4 is 19.9 Å². The zero-order chi connectivity index (χ0) is 23.5. The second kappa shape index (κ2) is 9.46. The van der Waals surface area contributed by atoms with Gasteiger partial charge in [0.1, 0.15) is 4.32 Å². The summed E-state index contributed by atoms with van der Waals surface area (Å²) < 4.78 is 11.0. The van der Waals surface area contributed by atoms with E-state index < -0.39 is 16.6 Å². The molecule has 0 saturated carbocycles. The maximum atomic E-state index is 12.8. The molecular weight excluding hydrogens is 470 g/mol. The number of fused-ring (bicyclic) bond motifs is 1. The number of carbonyl (C=O) groups excluding carboxylic acids is 2. The fourth-order valence-corrected chi connectivity index (χ4v) is 4.50. The lowest BCUT2D eigenvalue weighted by atomic mass is 10.2. The van der Waals surface area contributed by atoms with Gasteiger partial charge in [0, 0.05) is 30.8 Å². The molecule has 0 unspecified atom stereocenters. The van der Waals surface area contributed by atoms with Crippen molar-refractivity contribution in [3.05, 3.63) is 57.0 Å². The average Bonchev–Trinajstić information content (AvgIpc) is 3.34. The highest BCUT2D eigenvalue weighted by Crippen LogP contribution is 2.36. The maximum absolute atomic E-state index is 12.8. The van der Waals surface area contributed by atoms with E-state index in [9.17, 15) is 24.8 Å². The molecule has 12 heteroatoms. The standard InChI is InChI=1S/C21H17N3O7S2/c25-15-5-4-13(24(28)29)10-14(15)22-19(26)2-1-7-23-20(27)18(33-21(23)32)9-12-3-6-16-17(8-12)31-11-30-16/h3-6,8-10,25H,1-2,7,11H2,(H,22,26)/p-1/b18-9-. The third-order valence-electron chi connectivity index (χ3n) is 4.80. The van der Waals surface area contributed by atoms with Crippen LogP contribution in [0.3, 0.4) is 0 Å². The van der Waals surface area contributed by atoms with Crippen LogP contribution in [0.1, 0.15) is 18.4 Å². The van der Waals surface area contributed by atoms with Crippen molar-refractivity contribution in [3.63, 3.8) is 0 Å². The molecule has 0 atom stereocenters. The molecule has 0 spiro atoms. The Morgan fingerprint density at radius 1 is 1.24 bits per heavy atom. The van der Waals surface area contributed by atoms with Crippen molar-refractivity contribution in [1.82, 2.24) is 4.90 Å². The number of rotatable bonds is 7. The summed E-state index contributed by atoms with van der Waals surface area (Å²) in [5.74, 6) is -0.0282. The average molecular weight is 487 g/mol. The van der Waals surface area contributed by atoms with Crippen molar-refractivity contribution < 1.29 is 29.1 Å². The molecule has 0 radical (unpaired) electrons. The van der Waals surface area contributed by atoms with E-state index >= 15 is 0 Å². The molecule has 1 fully saturated rings. The number of nitrogens with one attached hydrogen (secondary N) is 1. The summed E-state index contributed by atoms with van der Waals surface area (Å²) >= 11 is 6.48. The minimum Gasteiger partial charge on any atom is -0.871 e. The van der Waals surface area contributed by atoms with Gasteiger partial charge in [0.2, 0.25) is 12.7 Å². The summed E-state index contributed by atoms with van der Waals surface area (Å²) in [6, 6.07) is 8.47. The quantitative estimate of drug-likeness (QED) is 0.271. The molecule has 2 aromatic carbocycles. The number of amides is 2. The molecule has 2 aromatic rings. The number of nitro groups is 1. The molecule has 0 aromatic heterocycles. The Labute approximate surface area is 197 Å². The van der Waals surface area contributed by atoms with Gasteiger partial charge in [0.15, 0.2) is 11.5 Å². The van der Waals surface area contributed by atoms with Crippen molar-refractivity contribution in [1.29, 1.82) is 0 Å². The van der Waals surface area contributed by atoms with Crippen LogP contribution >= 0.6 is 24.0 Å². The third-order valence-corrected chi connectivity index (χ3v) is 6.18. The summed E-state index contributed by atoms with van der Waals surface area (Å²) in [4.78, 5) is 37.0. The van der Waals surface area contributed by atoms with Gasteiger partial charge in [-0.3, -0.25) is 24.6 Å². The first-order valence-electron chi connectivity index (χ1n) is 9.72. The Morgan fingerprint density at radius 3 is 2.82 bits per heavy atom. The Bertz CT molecular complexity index is 1200. The Balaban J connectivity index is 1.33. The number of thioether (sulfide) groups is 1. The van der Waals surface area contributed by atoms with Crippen molar-refractivity contribution >= 4 is 57.6 Å². The summed E-state index contributed by atoms with van der Waals surface area (Å²) in [6.45, 7) is 0.376. The number of thiocarbonyl (C=S) groups is 1. The molecule has 0 bridgehead atoms. The number of hydrogen-bond donors (Lipinski definition) is 1. The fraction of sp³-hybridized carbons (Fsp3) is 0.190. The second-order valence-electron chi connectivity index (χ2n) is 7.04. The number of hydrogen-bond acceptors (Lipinski definition) is 9. The zero-order valence-corrected chi connectivity index (χ0v) is 18.6. The van der Waals surface area contributed by atoms with Gasteiger partial charge in [0.25, 0.3) is 11.6 Å². The van der Waals surface area contributed by atoms with Crippen molar-refractivity contribution in [2.75, 3.05) is 18.7 Å². The fourth-order valence-electron chi connectivity index (χ4n) is 3.19. The number of ether oxygens (including phenoxy) is 2. The number of benzene rings is 2. The van der Waals surface area contributed by atoms with Gasteiger partial charge in [-0.2, -0.15) is 0 Å². The molecule has 2 aliphatic rings. The van der Waals surface area contributed by atoms with Gasteiger partial charge >= 0.3 is 0 Å². The van der Waals surface area contributed by atoms with E-state index in [1.165, 1.54) is 16.7 Å². The maximum Gasteiger partial charge on any atom is 0.271 e. The first kappa shape index (κ1) is 22.6. The predicted molar refractivity (Wildman–Crippen MR) is 123 cm³/mol. The van der Waals surface area contributed by atoms with Crippen LogP contribution in [0.2, 0.25) is 0 Å². The molecule has 4 rings (SSSR count). The van der Waals surface area contributed by atoms with Gasteiger partial charge < -0.3 is 19.9 Å². The minimum atomic E-state index is -0.651. The first-order chi connectivity index (χ1) is 15.8. The lowest BCUT2D eigenvalue weighted by Crippen LogP contribution is -2.29.